The summed E-state index contributed by atoms with van der Waals surface area (Å²) in [4.78, 5) is 13.3. The summed E-state index contributed by atoms with van der Waals surface area (Å²) in [6.07, 6.45) is 11.1. The van der Waals surface area contributed by atoms with Crippen LogP contribution < -0.4 is 16.3 Å². The number of sulfonamides is 1. The van der Waals surface area contributed by atoms with Gasteiger partial charge in [-0.2, -0.15) is 0 Å². The molecule has 0 aromatic heterocycles. The van der Waals surface area contributed by atoms with E-state index >= 15 is 0 Å². The molecule has 7 unspecified atom stereocenters. The predicted octanol–water partition coefficient (Wildman–Crippen LogP) is 0.654. The minimum Gasteiger partial charge on any atom is -0.367 e. The van der Waals surface area contributed by atoms with Gasteiger partial charge >= 0.3 is 0 Å². The molecule has 7 atom stereocenters. The highest BCUT2D eigenvalue weighted by atomic mass is 32.2. The van der Waals surface area contributed by atoms with Crippen molar-refractivity contribution in [3.05, 3.63) is 35.5 Å². The molecule has 0 aromatic carbocycles. The maximum atomic E-state index is 13.3. The average molecular weight is 465 g/mol. The third kappa shape index (κ3) is 3.23. The molecule has 9 nitrogen and oxygen atoms in total. The van der Waals surface area contributed by atoms with E-state index in [1.54, 1.807) is 13.8 Å². The summed E-state index contributed by atoms with van der Waals surface area (Å²) in [7, 11) is -4.33. The molecule has 3 aliphatic carbocycles. The normalized spacial score (nSPS) is 41.2. The molecule has 5 aliphatic rings. The first-order chi connectivity index (χ1) is 15.1. The molecule has 0 radical (unpaired) electrons. The number of ether oxygens (including phenoxy) is 2. The van der Waals surface area contributed by atoms with Crippen molar-refractivity contribution in [2.45, 2.75) is 68.9 Å². The lowest BCUT2D eigenvalue weighted by Gasteiger charge is -2.57. The molecule has 1 saturated carbocycles. The molecule has 2 aliphatic heterocycles. The number of hydrogen-bond acceptors (Lipinski definition) is 7. The SMILES string of the molecule is CC(C)OC1(C(N)=O)C(C2C3C=CC=C3C=C3CCCC32)N2NCCC2OC1S(N)(=O)=O. The van der Waals surface area contributed by atoms with Crippen LogP contribution >= 0.6 is 0 Å². The minimum atomic E-state index is -4.33. The van der Waals surface area contributed by atoms with E-state index in [0.717, 1.165) is 19.3 Å². The summed E-state index contributed by atoms with van der Waals surface area (Å²) >= 11 is 0. The number of hydrogen-bond donors (Lipinski definition) is 3. The monoisotopic (exact) mass is 464 g/mol. The number of fused-ring (bicyclic) bond motifs is 3. The van der Waals surface area contributed by atoms with E-state index in [4.69, 9.17) is 20.3 Å². The Morgan fingerprint density at radius 1 is 1.38 bits per heavy atom. The van der Waals surface area contributed by atoms with Gasteiger partial charge in [-0.25, -0.2) is 18.6 Å². The molecule has 5 rings (SSSR count). The quantitative estimate of drug-likeness (QED) is 0.543. The summed E-state index contributed by atoms with van der Waals surface area (Å²) in [5.74, 6) is -0.760. The third-order valence-electron chi connectivity index (χ3n) is 7.52. The van der Waals surface area contributed by atoms with Gasteiger partial charge in [-0.1, -0.05) is 29.9 Å². The van der Waals surface area contributed by atoms with Crippen LogP contribution in [0.4, 0.5) is 0 Å². The van der Waals surface area contributed by atoms with Crippen LogP contribution in [-0.2, 0) is 24.3 Å². The van der Waals surface area contributed by atoms with Crippen molar-refractivity contribution in [2.24, 2.45) is 28.6 Å². The van der Waals surface area contributed by atoms with Gasteiger partial charge < -0.3 is 15.2 Å². The van der Waals surface area contributed by atoms with Gasteiger partial charge in [0.25, 0.3) is 5.91 Å². The molecule has 32 heavy (non-hydrogen) atoms. The maximum Gasteiger partial charge on any atom is 0.255 e. The molecule has 176 valence electrons. The van der Waals surface area contributed by atoms with E-state index in [0.29, 0.717) is 13.0 Å². The Hall–Kier alpha value is -1.56. The first-order valence-electron chi connectivity index (χ1n) is 11.4. The van der Waals surface area contributed by atoms with Crippen molar-refractivity contribution in [1.29, 1.82) is 0 Å². The lowest BCUT2D eigenvalue weighted by molar-refractivity contribution is -0.265. The van der Waals surface area contributed by atoms with E-state index in [1.807, 2.05) is 11.1 Å². The summed E-state index contributed by atoms with van der Waals surface area (Å²) in [5.41, 5.74) is 8.24. The Morgan fingerprint density at radius 3 is 2.84 bits per heavy atom. The highest BCUT2D eigenvalue weighted by molar-refractivity contribution is 7.89. The number of amides is 1. The number of allylic oxidation sites excluding steroid dienone is 6. The lowest BCUT2D eigenvalue weighted by Crippen LogP contribution is -2.78. The Morgan fingerprint density at radius 2 is 2.16 bits per heavy atom. The Balaban J connectivity index is 1.74. The summed E-state index contributed by atoms with van der Waals surface area (Å²) in [5, 5.41) is 7.56. The molecule has 2 heterocycles. The fourth-order valence-electron chi connectivity index (χ4n) is 6.59. The standard InChI is InChI=1S/C22H32N4O5S/c1-12(2)31-22(20(23)27)19(26-17(9-10-25-26)30-21(22)32(24,28)29)18-15-7-3-5-13(15)11-14-6-4-8-16(14)18/h3,5,7,11-12,15-19,21,25H,4,6,8-10H2,1-2H3,(H2,23,27)(H2,24,28,29). The number of carbonyl (C=O) groups is 1. The third-order valence-corrected chi connectivity index (χ3v) is 8.58. The molecular weight excluding hydrogens is 432 g/mol. The van der Waals surface area contributed by atoms with Gasteiger partial charge in [-0.3, -0.25) is 10.2 Å². The highest BCUT2D eigenvalue weighted by Crippen LogP contribution is 2.54. The second kappa shape index (κ2) is 7.75. The molecule has 5 N–H and O–H groups in total. The molecule has 2 saturated heterocycles. The molecule has 10 heteroatoms. The van der Waals surface area contributed by atoms with Crippen LogP contribution in [0.5, 0.6) is 0 Å². The second-order valence-electron chi connectivity index (χ2n) is 9.76. The highest BCUT2D eigenvalue weighted by Gasteiger charge is 2.68. The summed E-state index contributed by atoms with van der Waals surface area (Å²) < 4.78 is 37.9. The van der Waals surface area contributed by atoms with Gasteiger partial charge in [0, 0.05) is 18.9 Å². The number of nitrogens with zero attached hydrogens (tertiary/aromatic N) is 1. The van der Waals surface area contributed by atoms with E-state index in [2.05, 4.69) is 23.7 Å². The first-order valence-corrected chi connectivity index (χ1v) is 13.0. The summed E-state index contributed by atoms with van der Waals surface area (Å²) in [6.45, 7) is 4.11. The van der Waals surface area contributed by atoms with E-state index in [1.165, 1.54) is 11.1 Å². The molecule has 3 fully saturated rings. The number of rotatable bonds is 5. The van der Waals surface area contributed by atoms with E-state index < -0.39 is 45.3 Å². The average Bonchev–Trinajstić information content (AvgIpc) is 3.44. The molecule has 1 amide bonds. The zero-order valence-electron chi connectivity index (χ0n) is 18.4. The number of carbonyl (C=O) groups excluding carboxylic acids is 1. The van der Waals surface area contributed by atoms with E-state index in [9.17, 15) is 13.2 Å². The molecule has 0 spiro atoms. The van der Waals surface area contributed by atoms with E-state index in [-0.39, 0.29) is 17.8 Å². The zero-order valence-corrected chi connectivity index (χ0v) is 19.3. The molecular formula is C22H32N4O5S. The van der Waals surface area contributed by atoms with Crippen molar-refractivity contribution in [2.75, 3.05) is 6.54 Å². The Labute approximate surface area is 188 Å². The van der Waals surface area contributed by atoms with Gasteiger partial charge in [-0.05, 0) is 50.5 Å². The minimum absolute atomic E-state index is 0.0311. The number of nitrogens with one attached hydrogen (secondary N) is 1. The first kappa shape index (κ1) is 22.2. The van der Waals surface area contributed by atoms with Crippen LogP contribution in [0.25, 0.3) is 0 Å². The van der Waals surface area contributed by atoms with Gasteiger partial charge in [0.05, 0.1) is 12.1 Å². The molecule has 0 aromatic rings. The summed E-state index contributed by atoms with van der Waals surface area (Å²) in [6, 6.07) is -0.671. The van der Waals surface area contributed by atoms with Crippen molar-refractivity contribution in [1.82, 2.24) is 10.4 Å². The van der Waals surface area contributed by atoms with Crippen molar-refractivity contribution in [3.8, 4) is 0 Å². The Kier molecular flexibility index (Phi) is 5.39. The number of hydrazine groups is 1. The fourth-order valence-corrected chi connectivity index (χ4v) is 7.67. The van der Waals surface area contributed by atoms with Gasteiger partial charge in [0.15, 0.2) is 0 Å². The van der Waals surface area contributed by atoms with Crippen LogP contribution in [0.15, 0.2) is 35.5 Å². The number of nitrogens with two attached hydrogens (primary N) is 2. The number of primary sulfonamides is 1. The zero-order chi connectivity index (χ0) is 22.8. The Bertz CT molecular complexity index is 1010. The fraction of sp³-hybridized carbons (Fsp3) is 0.682. The topological polar surface area (TPSA) is 137 Å². The van der Waals surface area contributed by atoms with Crippen LogP contribution in [0, 0.1) is 17.8 Å². The largest absolute Gasteiger partial charge is 0.367 e. The second-order valence-corrected chi connectivity index (χ2v) is 11.4. The van der Waals surface area contributed by atoms with Crippen LogP contribution in [-0.4, -0.2) is 55.3 Å². The maximum absolute atomic E-state index is 13.3. The van der Waals surface area contributed by atoms with Gasteiger partial charge in [0.2, 0.25) is 21.1 Å². The van der Waals surface area contributed by atoms with Crippen molar-refractivity contribution < 1.29 is 22.7 Å². The number of primary amides is 1. The van der Waals surface area contributed by atoms with Crippen LogP contribution in [0.3, 0.4) is 0 Å². The van der Waals surface area contributed by atoms with Gasteiger partial charge in [-0.15, -0.1) is 0 Å². The van der Waals surface area contributed by atoms with Crippen LogP contribution in [0.1, 0.15) is 39.5 Å². The smallest absolute Gasteiger partial charge is 0.255 e. The molecule has 0 bridgehead atoms. The predicted molar refractivity (Wildman–Crippen MR) is 118 cm³/mol. The lowest BCUT2D eigenvalue weighted by atomic mass is 9.64. The van der Waals surface area contributed by atoms with Crippen molar-refractivity contribution in [3.63, 3.8) is 0 Å². The van der Waals surface area contributed by atoms with Crippen LogP contribution in [0.2, 0.25) is 0 Å². The van der Waals surface area contributed by atoms with Crippen molar-refractivity contribution >= 4 is 15.9 Å². The van der Waals surface area contributed by atoms with Gasteiger partial charge in [0.1, 0.15) is 6.23 Å².